The van der Waals surface area contributed by atoms with Gasteiger partial charge in [0.25, 0.3) is 5.91 Å². The molecule has 2 aromatic carbocycles. The molecule has 138 valence electrons. The third kappa shape index (κ3) is 3.62. The lowest BCUT2D eigenvalue weighted by Gasteiger charge is -2.26. The van der Waals surface area contributed by atoms with Crippen molar-refractivity contribution in [3.05, 3.63) is 87.7 Å². The molecule has 0 aliphatic heterocycles. The molecule has 0 radical (unpaired) electrons. The Bertz CT molecular complexity index is 965. The summed E-state index contributed by atoms with van der Waals surface area (Å²) < 4.78 is 1.69. The number of nitrogens with zero attached hydrogens (tertiary/aromatic N) is 2. The molecule has 1 N–H and O–H groups in total. The van der Waals surface area contributed by atoms with Crippen molar-refractivity contribution in [1.29, 1.82) is 0 Å². The van der Waals surface area contributed by atoms with Crippen molar-refractivity contribution in [1.82, 2.24) is 15.1 Å². The van der Waals surface area contributed by atoms with E-state index in [1.54, 1.807) is 4.68 Å². The molecule has 1 aliphatic carbocycles. The maximum absolute atomic E-state index is 13.0. The number of benzene rings is 2. The molecule has 1 aliphatic rings. The molecule has 0 bridgehead atoms. The van der Waals surface area contributed by atoms with Crippen molar-refractivity contribution in [2.45, 2.75) is 38.8 Å². The number of fused-ring (bicyclic) bond motifs is 1. The van der Waals surface area contributed by atoms with Crippen LogP contribution in [0.25, 0.3) is 0 Å². The molecule has 0 fully saturated rings. The molecule has 5 heteroatoms. The largest absolute Gasteiger partial charge is 0.345 e. The Morgan fingerprint density at radius 2 is 1.93 bits per heavy atom. The van der Waals surface area contributed by atoms with Crippen LogP contribution < -0.4 is 5.32 Å². The lowest BCUT2D eigenvalue weighted by molar-refractivity contribution is 0.0932. The molecule has 4 nitrogen and oxygen atoms in total. The maximum Gasteiger partial charge on any atom is 0.256 e. The van der Waals surface area contributed by atoms with Gasteiger partial charge < -0.3 is 5.32 Å². The third-order valence-electron chi connectivity index (χ3n) is 5.14. The van der Waals surface area contributed by atoms with Crippen LogP contribution in [-0.2, 0) is 13.0 Å². The van der Waals surface area contributed by atoms with Gasteiger partial charge in [-0.15, -0.1) is 0 Å². The third-order valence-corrected chi connectivity index (χ3v) is 5.53. The first-order chi connectivity index (χ1) is 13.1. The van der Waals surface area contributed by atoms with Crippen LogP contribution in [0.3, 0.4) is 0 Å². The maximum atomic E-state index is 13.0. The predicted octanol–water partition coefficient (Wildman–Crippen LogP) is 4.70. The van der Waals surface area contributed by atoms with E-state index in [0.29, 0.717) is 23.0 Å². The van der Waals surface area contributed by atoms with Crippen LogP contribution in [0.1, 0.15) is 51.6 Å². The number of carbonyl (C=O) groups excluding carboxylic acids is 1. The number of hydrogen-bond donors (Lipinski definition) is 1. The summed E-state index contributed by atoms with van der Waals surface area (Å²) >= 11 is 6.53. The minimum atomic E-state index is -0.154. The standard InChI is InChI=1S/C22H22ClN3O/c1-15-20(21(23)26(25-15)14-16-8-3-2-4-9-16)22(27)24-19-13-7-11-17-10-5-6-12-18(17)19/h2-6,8-10,12,19H,7,11,13-14H2,1H3,(H,24,27)/t19-/m0/s1. The average molecular weight is 380 g/mol. The summed E-state index contributed by atoms with van der Waals surface area (Å²) in [6, 6.07) is 18.3. The summed E-state index contributed by atoms with van der Waals surface area (Å²) in [5.74, 6) is -0.154. The highest BCUT2D eigenvalue weighted by molar-refractivity contribution is 6.33. The Hall–Kier alpha value is -2.59. The van der Waals surface area contributed by atoms with Crippen LogP contribution >= 0.6 is 11.6 Å². The van der Waals surface area contributed by atoms with E-state index in [0.717, 1.165) is 24.8 Å². The smallest absolute Gasteiger partial charge is 0.256 e. The summed E-state index contributed by atoms with van der Waals surface area (Å²) in [7, 11) is 0. The molecule has 1 aromatic heterocycles. The van der Waals surface area contributed by atoms with E-state index in [-0.39, 0.29) is 11.9 Å². The molecule has 4 rings (SSSR count). The zero-order valence-electron chi connectivity index (χ0n) is 15.3. The minimum absolute atomic E-state index is 0.0235. The summed E-state index contributed by atoms with van der Waals surface area (Å²) in [4.78, 5) is 13.0. The fraction of sp³-hybridized carbons (Fsp3) is 0.273. The molecular formula is C22H22ClN3O. The fourth-order valence-corrected chi connectivity index (χ4v) is 4.13. The number of halogens is 1. The van der Waals surface area contributed by atoms with Gasteiger partial charge in [0.15, 0.2) is 0 Å². The van der Waals surface area contributed by atoms with E-state index < -0.39 is 0 Å². The Morgan fingerprint density at radius 1 is 1.19 bits per heavy atom. The zero-order chi connectivity index (χ0) is 18.8. The Morgan fingerprint density at radius 3 is 2.74 bits per heavy atom. The summed E-state index contributed by atoms with van der Waals surface area (Å²) in [6.45, 7) is 2.37. The van der Waals surface area contributed by atoms with Gasteiger partial charge in [-0.3, -0.25) is 4.79 Å². The highest BCUT2D eigenvalue weighted by atomic mass is 35.5. The van der Waals surface area contributed by atoms with Crippen LogP contribution in [0.2, 0.25) is 5.15 Å². The molecule has 1 heterocycles. The Kier molecular flexibility index (Phi) is 4.99. The van der Waals surface area contributed by atoms with E-state index in [4.69, 9.17) is 11.6 Å². The monoisotopic (exact) mass is 379 g/mol. The van der Waals surface area contributed by atoms with Crippen LogP contribution in [0.15, 0.2) is 54.6 Å². The van der Waals surface area contributed by atoms with E-state index in [1.807, 2.05) is 43.3 Å². The van der Waals surface area contributed by atoms with Gasteiger partial charge in [0.05, 0.1) is 23.8 Å². The van der Waals surface area contributed by atoms with Gasteiger partial charge in [-0.05, 0) is 42.9 Å². The second-order valence-corrected chi connectivity index (χ2v) is 7.37. The number of carbonyl (C=O) groups is 1. The molecule has 27 heavy (non-hydrogen) atoms. The topological polar surface area (TPSA) is 46.9 Å². The Labute approximate surface area is 164 Å². The van der Waals surface area contributed by atoms with Gasteiger partial charge in [-0.1, -0.05) is 66.2 Å². The predicted molar refractivity (Wildman–Crippen MR) is 107 cm³/mol. The summed E-state index contributed by atoms with van der Waals surface area (Å²) in [5.41, 5.74) is 4.74. The van der Waals surface area contributed by atoms with Crippen molar-refractivity contribution in [2.24, 2.45) is 0 Å². The van der Waals surface area contributed by atoms with E-state index in [2.05, 4.69) is 28.6 Å². The number of aryl methyl sites for hydroxylation is 2. The number of amides is 1. The second kappa shape index (κ2) is 7.57. The van der Waals surface area contributed by atoms with Crippen molar-refractivity contribution >= 4 is 17.5 Å². The second-order valence-electron chi connectivity index (χ2n) is 7.01. The fourth-order valence-electron chi connectivity index (χ4n) is 3.81. The average Bonchev–Trinajstić information content (AvgIpc) is 2.96. The van der Waals surface area contributed by atoms with Gasteiger partial charge in [-0.25, -0.2) is 4.68 Å². The van der Waals surface area contributed by atoms with Crippen LogP contribution in [0, 0.1) is 6.92 Å². The molecule has 0 saturated heterocycles. The van der Waals surface area contributed by atoms with Gasteiger partial charge in [0.1, 0.15) is 5.15 Å². The lowest BCUT2D eigenvalue weighted by Crippen LogP contribution is -2.31. The van der Waals surface area contributed by atoms with Gasteiger partial charge in [-0.2, -0.15) is 5.10 Å². The van der Waals surface area contributed by atoms with E-state index in [9.17, 15) is 4.79 Å². The molecule has 1 amide bonds. The SMILES string of the molecule is Cc1nn(Cc2ccccc2)c(Cl)c1C(=O)N[C@H]1CCCc2ccccc21. The van der Waals surface area contributed by atoms with E-state index >= 15 is 0 Å². The first-order valence-electron chi connectivity index (χ1n) is 9.29. The van der Waals surface area contributed by atoms with Crippen LogP contribution in [0.4, 0.5) is 0 Å². The number of nitrogens with one attached hydrogen (secondary N) is 1. The van der Waals surface area contributed by atoms with Gasteiger partial charge in [0, 0.05) is 0 Å². The first kappa shape index (κ1) is 17.8. The molecule has 3 aromatic rings. The zero-order valence-corrected chi connectivity index (χ0v) is 16.0. The summed E-state index contributed by atoms with van der Waals surface area (Å²) in [5, 5.41) is 8.05. The van der Waals surface area contributed by atoms with Gasteiger partial charge in [0.2, 0.25) is 0 Å². The molecule has 0 saturated carbocycles. The van der Waals surface area contributed by atoms with E-state index in [1.165, 1.54) is 11.1 Å². The van der Waals surface area contributed by atoms with Crippen molar-refractivity contribution in [2.75, 3.05) is 0 Å². The molecule has 0 unspecified atom stereocenters. The molecule has 0 spiro atoms. The number of rotatable bonds is 4. The Balaban J connectivity index is 1.56. The van der Waals surface area contributed by atoms with Crippen LogP contribution in [0.5, 0.6) is 0 Å². The van der Waals surface area contributed by atoms with Crippen molar-refractivity contribution < 1.29 is 4.79 Å². The number of aromatic nitrogens is 2. The van der Waals surface area contributed by atoms with Crippen molar-refractivity contribution in [3.63, 3.8) is 0 Å². The summed E-state index contributed by atoms with van der Waals surface area (Å²) in [6.07, 6.45) is 3.08. The molecule has 1 atom stereocenters. The normalized spacial score (nSPS) is 16.0. The highest BCUT2D eigenvalue weighted by Crippen LogP contribution is 2.30. The minimum Gasteiger partial charge on any atom is -0.345 e. The first-order valence-corrected chi connectivity index (χ1v) is 9.67. The lowest BCUT2D eigenvalue weighted by atomic mass is 9.87. The highest BCUT2D eigenvalue weighted by Gasteiger charge is 2.26. The van der Waals surface area contributed by atoms with Crippen molar-refractivity contribution in [3.8, 4) is 0 Å². The number of hydrogen-bond acceptors (Lipinski definition) is 2. The van der Waals surface area contributed by atoms with Gasteiger partial charge >= 0.3 is 0 Å². The quantitative estimate of drug-likeness (QED) is 0.714. The molecular weight excluding hydrogens is 358 g/mol. The van der Waals surface area contributed by atoms with Crippen LogP contribution in [-0.4, -0.2) is 15.7 Å².